The topological polar surface area (TPSA) is 46.6 Å². The molecule has 0 aromatic heterocycles. The summed E-state index contributed by atoms with van der Waals surface area (Å²) in [4.78, 5) is 0. The van der Waals surface area contributed by atoms with Crippen molar-refractivity contribution in [3.8, 4) is 0 Å². The van der Waals surface area contributed by atoms with Crippen LogP contribution in [0, 0.1) is 11.3 Å². The number of hydrogen-bond donors (Lipinski definition) is 0. The average molecular weight is 287 g/mol. The van der Waals surface area contributed by atoms with Gasteiger partial charge in [-0.1, -0.05) is 13.3 Å². The first-order chi connectivity index (χ1) is 8.93. The molecular formula is C14H25NO3S. The van der Waals surface area contributed by atoms with Crippen molar-refractivity contribution in [3.05, 3.63) is 0 Å². The fraction of sp³-hybridized carbons (Fsp3) is 1.00. The van der Waals surface area contributed by atoms with Gasteiger partial charge in [-0.25, -0.2) is 12.7 Å². The van der Waals surface area contributed by atoms with Crippen molar-refractivity contribution in [2.45, 2.75) is 57.3 Å². The van der Waals surface area contributed by atoms with Crippen molar-refractivity contribution in [2.75, 3.05) is 19.7 Å². The maximum absolute atomic E-state index is 12.7. The molecule has 0 unspecified atom stereocenters. The van der Waals surface area contributed by atoms with E-state index >= 15 is 0 Å². The van der Waals surface area contributed by atoms with E-state index in [1.807, 2.05) is 6.92 Å². The average Bonchev–Trinajstić information content (AvgIpc) is 3.02. The van der Waals surface area contributed by atoms with E-state index < -0.39 is 10.0 Å². The predicted molar refractivity (Wildman–Crippen MR) is 74.4 cm³/mol. The molecule has 0 amide bonds. The molecule has 2 aliphatic heterocycles. The minimum Gasteiger partial charge on any atom is -0.377 e. The highest BCUT2D eigenvalue weighted by Crippen LogP contribution is 2.49. The molecule has 4 atom stereocenters. The van der Waals surface area contributed by atoms with Crippen LogP contribution in [0.4, 0.5) is 0 Å². The second-order valence-corrected chi connectivity index (χ2v) is 9.03. The van der Waals surface area contributed by atoms with Crippen LogP contribution in [0.2, 0.25) is 0 Å². The Bertz CT molecular complexity index is 450. The minimum atomic E-state index is -3.16. The third-order valence-corrected chi connectivity index (χ3v) is 7.82. The Balaban J connectivity index is 1.74. The SMILES string of the molecule is C[C@@H]1CC[C@]2(CCN(S(=O)(=O)[C@H]3CCO[C@@H]3C)C2)C1. The van der Waals surface area contributed by atoms with Crippen molar-refractivity contribution in [2.24, 2.45) is 11.3 Å². The molecule has 3 rings (SSSR count). The van der Waals surface area contributed by atoms with E-state index in [4.69, 9.17) is 4.74 Å². The number of ether oxygens (including phenoxy) is 1. The van der Waals surface area contributed by atoms with Crippen LogP contribution in [0.15, 0.2) is 0 Å². The van der Waals surface area contributed by atoms with E-state index in [-0.39, 0.29) is 16.8 Å². The van der Waals surface area contributed by atoms with Crippen LogP contribution >= 0.6 is 0 Å². The van der Waals surface area contributed by atoms with Crippen LogP contribution in [0.5, 0.6) is 0 Å². The molecular weight excluding hydrogens is 262 g/mol. The Morgan fingerprint density at radius 1 is 1.21 bits per heavy atom. The van der Waals surface area contributed by atoms with Crippen LogP contribution in [0.1, 0.15) is 46.0 Å². The van der Waals surface area contributed by atoms with Gasteiger partial charge >= 0.3 is 0 Å². The van der Waals surface area contributed by atoms with Crippen molar-refractivity contribution in [3.63, 3.8) is 0 Å². The molecule has 2 heterocycles. The van der Waals surface area contributed by atoms with E-state index in [9.17, 15) is 8.42 Å². The van der Waals surface area contributed by atoms with Gasteiger partial charge in [0, 0.05) is 19.7 Å². The highest BCUT2D eigenvalue weighted by Gasteiger charge is 2.49. The standard InChI is InChI=1S/C14H25NO3S/c1-11-3-5-14(9-11)6-7-15(10-14)19(16,17)13-4-8-18-12(13)2/h11-13H,3-10H2,1-2H3/t11-,12-,13+,14+/m1/s1. The van der Waals surface area contributed by atoms with Crippen LogP contribution in [0.25, 0.3) is 0 Å². The summed E-state index contributed by atoms with van der Waals surface area (Å²) in [6.07, 6.45) is 5.23. The molecule has 5 heteroatoms. The summed E-state index contributed by atoms with van der Waals surface area (Å²) in [5.74, 6) is 0.761. The Labute approximate surface area is 116 Å². The lowest BCUT2D eigenvalue weighted by Crippen LogP contribution is -2.41. The molecule has 2 saturated heterocycles. The summed E-state index contributed by atoms with van der Waals surface area (Å²) in [6, 6.07) is 0. The zero-order valence-electron chi connectivity index (χ0n) is 12.0. The van der Waals surface area contributed by atoms with E-state index in [0.717, 1.165) is 25.4 Å². The van der Waals surface area contributed by atoms with E-state index in [1.165, 1.54) is 19.3 Å². The monoisotopic (exact) mass is 287 g/mol. The first kappa shape index (κ1) is 13.8. The fourth-order valence-corrected chi connectivity index (χ4v) is 6.41. The molecule has 3 fully saturated rings. The maximum Gasteiger partial charge on any atom is 0.219 e. The minimum absolute atomic E-state index is 0.149. The van der Waals surface area contributed by atoms with E-state index in [0.29, 0.717) is 13.0 Å². The van der Waals surface area contributed by atoms with E-state index in [2.05, 4.69) is 6.92 Å². The molecule has 0 aromatic rings. The van der Waals surface area contributed by atoms with Gasteiger partial charge in [-0.05, 0) is 43.9 Å². The molecule has 1 aliphatic carbocycles. The zero-order valence-corrected chi connectivity index (χ0v) is 12.8. The molecule has 1 spiro atoms. The van der Waals surface area contributed by atoms with E-state index in [1.54, 1.807) is 4.31 Å². The van der Waals surface area contributed by atoms with Crippen LogP contribution in [-0.4, -0.2) is 43.8 Å². The molecule has 0 bridgehead atoms. The summed E-state index contributed by atoms with van der Waals surface area (Å²) < 4.78 is 32.6. The zero-order chi connectivity index (χ0) is 13.7. The van der Waals surface area contributed by atoms with Gasteiger partial charge in [0.25, 0.3) is 0 Å². The molecule has 0 aromatic carbocycles. The number of hydrogen-bond acceptors (Lipinski definition) is 3. The molecule has 1 saturated carbocycles. The predicted octanol–water partition coefficient (Wildman–Crippen LogP) is 2.01. The van der Waals surface area contributed by atoms with Gasteiger partial charge in [0.05, 0.1) is 6.10 Å². The van der Waals surface area contributed by atoms with Crippen LogP contribution in [0.3, 0.4) is 0 Å². The van der Waals surface area contributed by atoms with Crippen molar-refractivity contribution >= 4 is 10.0 Å². The summed E-state index contributed by atoms with van der Waals surface area (Å²) in [5, 5.41) is -0.318. The van der Waals surface area contributed by atoms with Crippen molar-refractivity contribution in [1.29, 1.82) is 0 Å². The summed E-state index contributed by atoms with van der Waals surface area (Å²) in [5.41, 5.74) is 0.287. The van der Waals surface area contributed by atoms with Crippen molar-refractivity contribution in [1.82, 2.24) is 4.31 Å². The Kier molecular flexibility index (Phi) is 3.43. The van der Waals surface area contributed by atoms with Crippen molar-refractivity contribution < 1.29 is 13.2 Å². The Morgan fingerprint density at radius 2 is 2.00 bits per heavy atom. The molecule has 19 heavy (non-hydrogen) atoms. The molecule has 110 valence electrons. The van der Waals surface area contributed by atoms with Gasteiger partial charge in [-0.2, -0.15) is 0 Å². The summed E-state index contributed by atoms with van der Waals surface area (Å²) in [6.45, 7) is 6.24. The summed E-state index contributed by atoms with van der Waals surface area (Å²) >= 11 is 0. The molecule has 0 N–H and O–H groups in total. The number of nitrogens with zero attached hydrogens (tertiary/aromatic N) is 1. The third kappa shape index (κ3) is 2.34. The van der Waals surface area contributed by atoms with Gasteiger partial charge in [0.2, 0.25) is 10.0 Å². The Hall–Kier alpha value is -0.130. The highest BCUT2D eigenvalue weighted by molar-refractivity contribution is 7.89. The highest BCUT2D eigenvalue weighted by atomic mass is 32.2. The van der Waals surface area contributed by atoms with Crippen LogP contribution < -0.4 is 0 Å². The lowest BCUT2D eigenvalue weighted by atomic mass is 9.85. The number of rotatable bonds is 2. The largest absolute Gasteiger partial charge is 0.377 e. The summed E-state index contributed by atoms with van der Waals surface area (Å²) in [7, 11) is -3.16. The normalized spacial score (nSPS) is 44.4. The lowest BCUT2D eigenvalue weighted by Gasteiger charge is -2.26. The maximum atomic E-state index is 12.7. The first-order valence-electron chi connectivity index (χ1n) is 7.54. The first-order valence-corrected chi connectivity index (χ1v) is 9.04. The number of sulfonamides is 1. The van der Waals surface area contributed by atoms with Gasteiger partial charge in [0.15, 0.2) is 0 Å². The third-order valence-electron chi connectivity index (χ3n) is 5.40. The fourth-order valence-electron chi connectivity index (χ4n) is 4.27. The second kappa shape index (κ2) is 4.71. The molecule has 4 nitrogen and oxygen atoms in total. The molecule has 0 radical (unpaired) electrons. The van der Waals surface area contributed by atoms with Crippen LogP contribution in [-0.2, 0) is 14.8 Å². The lowest BCUT2D eigenvalue weighted by molar-refractivity contribution is 0.125. The van der Waals surface area contributed by atoms with Gasteiger partial charge in [-0.3, -0.25) is 0 Å². The smallest absolute Gasteiger partial charge is 0.219 e. The van der Waals surface area contributed by atoms with Gasteiger partial charge in [0.1, 0.15) is 5.25 Å². The van der Waals surface area contributed by atoms with Gasteiger partial charge in [-0.15, -0.1) is 0 Å². The second-order valence-electron chi connectivity index (χ2n) is 6.88. The molecule has 3 aliphatic rings. The quantitative estimate of drug-likeness (QED) is 0.780. The van der Waals surface area contributed by atoms with Gasteiger partial charge < -0.3 is 4.74 Å². The Morgan fingerprint density at radius 3 is 2.58 bits per heavy atom.